The van der Waals surface area contributed by atoms with Crippen LogP contribution in [0.3, 0.4) is 0 Å². The van der Waals surface area contributed by atoms with Crippen LogP contribution in [-0.2, 0) is 21.2 Å². The van der Waals surface area contributed by atoms with Gasteiger partial charge in [0.15, 0.2) is 0 Å². The van der Waals surface area contributed by atoms with Crippen molar-refractivity contribution in [3.8, 4) is 0 Å². The molecule has 0 fully saturated rings. The van der Waals surface area contributed by atoms with Crippen molar-refractivity contribution in [2.24, 2.45) is 5.14 Å². The summed E-state index contributed by atoms with van der Waals surface area (Å²) in [5, 5.41) is 5.05. The maximum absolute atomic E-state index is 11.5. The number of hydrogen-bond acceptors (Lipinski definition) is 3. The Hall–Kier alpha value is -1.66. The zero-order valence-corrected chi connectivity index (χ0v) is 9.90. The first-order valence-corrected chi connectivity index (χ1v) is 6.58. The van der Waals surface area contributed by atoms with Crippen molar-refractivity contribution in [2.45, 2.75) is 11.3 Å². The van der Waals surface area contributed by atoms with Crippen LogP contribution < -0.4 is 10.0 Å². The molecular formula is C11H12N2O3S. The third-order valence-electron chi connectivity index (χ3n) is 2.72. The molecule has 1 aliphatic heterocycles. The predicted octanol–water partition coefficient (Wildman–Crippen LogP) is 0.409. The smallest absolute Gasteiger partial charge is 0.250 e. The number of benzene rings is 1. The Balaban J connectivity index is 2.45. The molecule has 0 bridgehead atoms. The van der Waals surface area contributed by atoms with Gasteiger partial charge in [0.05, 0.1) is 4.90 Å². The largest absolute Gasteiger partial charge is 0.308 e. The highest BCUT2D eigenvalue weighted by Crippen LogP contribution is 2.29. The number of nitrogens with two attached hydrogens (primary N) is 1. The lowest BCUT2D eigenvalue weighted by Crippen LogP contribution is -2.26. The quantitative estimate of drug-likeness (QED) is 0.774. The molecule has 0 aromatic heterocycles. The summed E-state index contributed by atoms with van der Waals surface area (Å²) in [6.45, 7) is 3.96. The molecule has 0 unspecified atom stereocenters. The average molecular weight is 252 g/mol. The van der Waals surface area contributed by atoms with Crippen molar-refractivity contribution in [3.05, 3.63) is 36.4 Å². The number of fused-ring (bicyclic) bond motifs is 1. The van der Waals surface area contributed by atoms with Crippen LogP contribution >= 0.6 is 0 Å². The summed E-state index contributed by atoms with van der Waals surface area (Å²) in [5.41, 5.74) is 1.54. The molecule has 0 atom stereocenters. The summed E-state index contributed by atoms with van der Waals surface area (Å²) in [4.78, 5) is 13.2. The number of nitrogens with zero attached hydrogens (tertiary/aromatic N) is 1. The van der Waals surface area contributed by atoms with Gasteiger partial charge >= 0.3 is 0 Å². The Morgan fingerprint density at radius 3 is 2.76 bits per heavy atom. The van der Waals surface area contributed by atoms with Gasteiger partial charge in [-0.2, -0.15) is 0 Å². The van der Waals surface area contributed by atoms with E-state index in [4.69, 9.17) is 5.14 Å². The fourth-order valence-electron chi connectivity index (χ4n) is 1.89. The number of primary sulfonamides is 1. The molecule has 5 nitrogen and oxygen atoms in total. The van der Waals surface area contributed by atoms with Crippen molar-refractivity contribution in [1.29, 1.82) is 0 Å². The van der Waals surface area contributed by atoms with Crippen molar-refractivity contribution in [1.82, 2.24) is 0 Å². The van der Waals surface area contributed by atoms with Crippen LogP contribution in [0.1, 0.15) is 5.56 Å². The van der Waals surface area contributed by atoms with E-state index in [2.05, 4.69) is 6.58 Å². The summed E-state index contributed by atoms with van der Waals surface area (Å²) in [6.07, 6.45) is 1.86. The highest BCUT2D eigenvalue weighted by Gasteiger charge is 2.24. The minimum Gasteiger partial charge on any atom is -0.308 e. The van der Waals surface area contributed by atoms with E-state index in [1.54, 1.807) is 11.0 Å². The van der Waals surface area contributed by atoms with E-state index in [0.717, 1.165) is 11.3 Å². The predicted molar refractivity (Wildman–Crippen MR) is 64.1 cm³/mol. The fourth-order valence-corrected chi connectivity index (χ4v) is 2.46. The van der Waals surface area contributed by atoms with E-state index in [1.807, 2.05) is 0 Å². The SMILES string of the molecule is C=CC(=O)N1CCc2cc(S(N)(=O)=O)ccc21. The van der Waals surface area contributed by atoms with E-state index >= 15 is 0 Å². The van der Waals surface area contributed by atoms with Crippen molar-refractivity contribution < 1.29 is 13.2 Å². The van der Waals surface area contributed by atoms with Gasteiger partial charge in [-0.05, 0) is 36.3 Å². The molecule has 1 amide bonds. The Morgan fingerprint density at radius 1 is 1.47 bits per heavy atom. The topological polar surface area (TPSA) is 80.5 Å². The van der Waals surface area contributed by atoms with Crippen molar-refractivity contribution in [2.75, 3.05) is 11.4 Å². The molecule has 0 aliphatic carbocycles. The molecule has 2 N–H and O–H groups in total. The highest BCUT2D eigenvalue weighted by atomic mass is 32.2. The van der Waals surface area contributed by atoms with Crippen LogP contribution in [0.4, 0.5) is 5.69 Å². The number of rotatable bonds is 2. The van der Waals surface area contributed by atoms with E-state index in [9.17, 15) is 13.2 Å². The van der Waals surface area contributed by atoms with Gasteiger partial charge in [-0.15, -0.1) is 0 Å². The van der Waals surface area contributed by atoms with Crippen LogP contribution in [0.25, 0.3) is 0 Å². The van der Waals surface area contributed by atoms with E-state index < -0.39 is 10.0 Å². The molecule has 6 heteroatoms. The third-order valence-corrected chi connectivity index (χ3v) is 3.63. The Kier molecular flexibility index (Phi) is 2.76. The molecule has 2 rings (SSSR count). The van der Waals surface area contributed by atoms with Crippen LogP contribution in [0.15, 0.2) is 35.7 Å². The van der Waals surface area contributed by atoms with Gasteiger partial charge in [0.2, 0.25) is 15.9 Å². The lowest BCUT2D eigenvalue weighted by molar-refractivity contribution is -0.114. The molecule has 17 heavy (non-hydrogen) atoms. The summed E-state index contributed by atoms with van der Waals surface area (Å²) >= 11 is 0. The van der Waals surface area contributed by atoms with E-state index in [0.29, 0.717) is 13.0 Å². The molecule has 90 valence electrons. The first-order chi connectivity index (χ1) is 7.93. The van der Waals surface area contributed by atoms with Gasteiger partial charge in [-0.3, -0.25) is 4.79 Å². The first-order valence-electron chi connectivity index (χ1n) is 5.03. The second-order valence-corrected chi connectivity index (χ2v) is 5.34. The molecule has 0 radical (unpaired) electrons. The minimum atomic E-state index is -3.69. The van der Waals surface area contributed by atoms with Crippen LogP contribution in [0.5, 0.6) is 0 Å². The monoisotopic (exact) mass is 252 g/mol. The Labute approximate surface area is 99.6 Å². The second-order valence-electron chi connectivity index (χ2n) is 3.78. The first kappa shape index (κ1) is 11.8. The number of anilines is 1. The highest BCUT2D eigenvalue weighted by molar-refractivity contribution is 7.89. The average Bonchev–Trinajstić information content (AvgIpc) is 2.69. The Morgan fingerprint density at radius 2 is 2.18 bits per heavy atom. The van der Waals surface area contributed by atoms with E-state index in [-0.39, 0.29) is 10.8 Å². The minimum absolute atomic E-state index is 0.0733. The number of carbonyl (C=O) groups excluding carboxylic acids is 1. The fraction of sp³-hybridized carbons (Fsp3) is 0.182. The molecule has 1 aliphatic rings. The van der Waals surface area contributed by atoms with Gasteiger partial charge in [0, 0.05) is 12.2 Å². The zero-order chi connectivity index (χ0) is 12.6. The van der Waals surface area contributed by atoms with Crippen LogP contribution in [-0.4, -0.2) is 20.9 Å². The van der Waals surface area contributed by atoms with Gasteiger partial charge in [0.1, 0.15) is 0 Å². The third kappa shape index (κ3) is 2.09. The van der Waals surface area contributed by atoms with Gasteiger partial charge < -0.3 is 4.90 Å². The lowest BCUT2D eigenvalue weighted by atomic mass is 10.2. The number of carbonyl (C=O) groups is 1. The summed E-state index contributed by atoms with van der Waals surface area (Å²) in [6, 6.07) is 4.52. The number of amides is 1. The normalized spacial score (nSPS) is 14.5. The number of sulfonamides is 1. The van der Waals surface area contributed by atoms with Gasteiger partial charge in [-0.1, -0.05) is 6.58 Å². The molecule has 1 heterocycles. The van der Waals surface area contributed by atoms with Crippen molar-refractivity contribution >= 4 is 21.6 Å². The summed E-state index contributed by atoms with van der Waals surface area (Å²) in [5.74, 6) is -0.188. The Bertz CT molecular complexity index is 593. The molecule has 0 spiro atoms. The van der Waals surface area contributed by atoms with E-state index in [1.165, 1.54) is 18.2 Å². The molecule has 1 aromatic carbocycles. The molecular weight excluding hydrogens is 240 g/mol. The zero-order valence-electron chi connectivity index (χ0n) is 9.09. The lowest BCUT2D eigenvalue weighted by Gasteiger charge is -2.14. The van der Waals surface area contributed by atoms with Crippen molar-refractivity contribution in [3.63, 3.8) is 0 Å². The maximum atomic E-state index is 11.5. The molecule has 0 saturated heterocycles. The molecule has 0 saturated carbocycles. The van der Waals surface area contributed by atoms with Gasteiger partial charge in [0.25, 0.3) is 0 Å². The second kappa shape index (κ2) is 3.97. The maximum Gasteiger partial charge on any atom is 0.250 e. The summed E-state index contributed by atoms with van der Waals surface area (Å²) < 4.78 is 22.4. The number of hydrogen-bond donors (Lipinski definition) is 1. The standard InChI is InChI=1S/C11H12N2O3S/c1-2-11(14)13-6-5-8-7-9(17(12,15)16)3-4-10(8)13/h2-4,7H,1,5-6H2,(H2,12,15,16). The van der Waals surface area contributed by atoms with Crippen LogP contribution in [0.2, 0.25) is 0 Å². The van der Waals surface area contributed by atoms with Crippen LogP contribution in [0, 0.1) is 0 Å². The summed E-state index contributed by atoms with van der Waals surface area (Å²) in [7, 11) is -3.69. The van der Waals surface area contributed by atoms with Gasteiger partial charge in [-0.25, -0.2) is 13.6 Å². The molecule has 1 aromatic rings.